The number of Topliss-reactive ketones (excluding diaryl/α,β-unsaturated/α-hetero) is 1. The van der Waals surface area contributed by atoms with Crippen LogP contribution in [-0.4, -0.2) is 37.0 Å². The summed E-state index contributed by atoms with van der Waals surface area (Å²) in [6.45, 7) is 4.57. The number of hydrogen-bond donors (Lipinski definition) is 3. The van der Waals surface area contributed by atoms with Gasteiger partial charge in [0.2, 0.25) is 5.91 Å². The van der Waals surface area contributed by atoms with Crippen LogP contribution in [0.1, 0.15) is 56.6 Å². The van der Waals surface area contributed by atoms with Gasteiger partial charge in [-0.05, 0) is 47.4 Å². The molecule has 36 heavy (non-hydrogen) atoms. The van der Waals surface area contributed by atoms with Gasteiger partial charge in [0.05, 0.1) is 6.04 Å². The van der Waals surface area contributed by atoms with Crippen LogP contribution in [0.5, 0.6) is 0 Å². The number of primary amides is 1. The highest BCUT2D eigenvalue weighted by atomic mass is 32.1. The second-order valence-electron chi connectivity index (χ2n) is 9.40. The van der Waals surface area contributed by atoms with Crippen LogP contribution in [0.3, 0.4) is 0 Å². The zero-order chi connectivity index (χ0) is 24.7. The molecule has 7 nitrogen and oxygen atoms in total. The first-order chi connectivity index (χ1) is 16.3. The predicted octanol–water partition coefficient (Wildman–Crippen LogP) is 3.97. The fraction of sp³-hybridized carbons (Fsp3) is 0.444. The topological polar surface area (TPSA) is 125 Å². The molecular weight excluding hydrogens is 494 g/mol. The molecule has 0 saturated heterocycles. The van der Waals surface area contributed by atoms with Crippen molar-refractivity contribution in [3.63, 3.8) is 0 Å². The van der Waals surface area contributed by atoms with E-state index < -0.39 is 24.0 Å². The molecule has 0 spiro atoms. The van der Waals surface area contributed by atoms with E-state index in [0.29, 0.717) is 25.8 Å². The summed E-state index contributed by atoms with van der Waals surface area (Å²) in [6, 6.07) is 15.7. The summed E-state index contributed by atoms with van der Waals surface area (Å²) in [5.74, 6) is -0.856. The van der Waals surface area contributed by atoms with E-state index in [4.69, 9.17) is 16.2 Å². The van der Waals surface area contributed by atoms with Crippen molar-refractivity contribution in [3.05, 3.63) is 59.7 Å². The maximum Gasteiger partial charge on any atom is 0.407 e. The van der Waals surface area contributed by atoms with E-state index in [9.17, 15) is 14.4 Å². The lowest BCUT2D eigenvalue weighted by Crippen LogP contribution is -2.36. The minimum Gasteiger partial charge on any atom is -0.449 e. The Morgan fingerprint density at radius 3 is 2.06 bits per heavy atom. The van der Waals surface area contributed by atoms with Crippen LogP contribution in [0.15, 0.2) is 48.5 Å². The third kappa shape index (κ3) is 8.28. The van der Waals surface area contributed by atoms with Crippen LogP contribution in [-0.2, 0) is 14.3 Å². The molecule has 198 valence electrons. The van der Waals surface area contributed by atoms with Crippen LogP contribution in [0.25, 0.3) is 11.1 Å². The van der Waals surface area contributed by atoms with Gasteiger partial charge >= 0.3 is 6.09 Å². The van der Waals surface area contributed by atoms with Gasteiger partial charge in [-0.3, -0.25) is 9.59 Å². The zero-order valence-corrected chi connectivity index (χ0v) is 23.0. The molecule has 0 aromatic heterocycles. The lowest BCUT2D eigenvalue weighted by atomic mass is 9.89. The van der Waals surface area contributed by atoms with Gasteiger partial charge in [0.15, 0.2) is 0 Å². The zero-order valence-electron chi connectivity index (χ0n) is 21.0. The number of nitrogens with two attached hydrogens (primary N) is 2. The normalized spacial score (nSPS) is 13.4. The largest absolute Gasteiger partial charge is 0.449 e. The maximum absolute atomic E-state index is 12.4. The summed E-state index contributed by atoms with van der Waals surface area (Å²) in [7, 11) is 0. The van der Waals surface area contributed by atoms with Crippen LogP contribution in [0.2, 0.25) is 0 Å². The van der Waals surface area contributed by atoms with E-state index >= 15 is 0 Å². The Labute approximate surface area is 227 Å². The third-order valence-corrected chi connectivity index (χ3v) is 6.32. The molecule has 2 aromatic carbocycles. The molecule has 0 fully saturated rings. The molecule has 0 radical (unpaired) electrons. The van der Waals surface area contributed by atoms with Crippen molar-refractivity contribution in [1.29, 1.82) is 0 Å². The highest BCUT2D eigenvalue weighted by molar-refractivity contribution is 7.59. The van der Waals surface area contributed by atoms with Crippen molar-refractivity contribution in [2.24, 2.45) is 23.3 Å². The number of rotatable bonds is 12. The summed E-state index contributed by atoms with van der Waals surface area (Å²) in [6.07, 6.45) is 1.08. The molecule has 5 N–H and O–H groups in total. The van der Waals surface area contributed by atoms with E-state index in [0.717, 1.165) is 11.1 Å². The molecule has 0 aliphatic heterocycles. The van der Waals surface area contributed by atoms with Crippen LogP contribution < -0.4 is 16.8 Å². The number of amides is 2. The predicted molar refractivity (Wildman–Crippen MR) is 153 cm³/mol. The first kappa shape index (κ1) is 31.5. The quantitative estimate of drug-likeness (QED) is 0.356. The number of alkyl carbamates (subject to hydrolysis) is 1. The molecule has 1 aliphatic carbocycles. The molecule has 0 heterocycles. The molecule has 0 saturated carbocycles. The van der Waals surface area contributed by atoms with Gasteiger partial charge < -0.3 is 21.5 Å². The monoisotopic (exact) mass is 533 g/mol. The molecule has 1 aliphatic rings. The van der Waals surface area contributed by atoms with E-state index in [-0.39, 0.29) is 57.6 Å². The van der Waals surface area contributed by atoms with Crippen molar-refractivity contribution in [3.8, 4) is 11.1 Å². The lowest BCUT2D eigenvalue weighted by molar-refractivity contribution is -0.128. The fourth-order valence-corrected chi connectivity index (χ4v) is 4.59. The van der Waals surface area contributed by atoms with Gasteiger partial charge in [-0.15, -0.1) is 0 Å². The van der Waals surface area contributed by atoms with Crippen LogP contribution in [0, 0.1) is 11.8 Å². The standard InChI is InChI=1S/C27H35N3O4.2H2S/c1-17(2)14-18(26(29)32)15-25(31)24(28)12-7-13-30-27(33)34-16-23-21-10-5-3-8-19(21)20-9-4-6-11-22(20)23;;/h3-6,8-11,17-18,23-24H,7,12-16,28H2,1-2H3,(H2,29,32)(H,30,33);2*1H2/t18-,24+;;/m1../s1. The van der Waals surface area contributed by atoms with Gasteiger partial charge in [0.25, 0.3) is 0 Å². The second-order valence-corrected chi connectivity index (χ2v) is 9.40. The summed E-state index contributed by atoms with van der Waals surface area (Å²) in [5.41, 5.74) is 16.1. The highest BCUT2D eigenvalue weighted by Crippen LogP contribution is 2.44. The molecule has 2 aromatic rings. The minimum atomic E-state index is -0.682. The van der Waals surface area contributed by atoms with Crippen molar-refractivity contribution >= 4 is 44.8 Å². The number of hydrogen-bond acceptors (Lipinski definition) is 5. The molecular formula is C27H39N3O4S2. The smallest absolute Gasteiger partial charge is 0.407 e. The average molecular weight is 534 g/mol. The number of fused-ring (bicyclic) bond motifs is 3. The number of nitrogens with one attached hydrogen (secondary N) is 1. The Balaban J connectivity index is 0.00000324. The number of ketones is 1. The molecule has 2 amide bonds. The highest BCUT2D eigenvalue weighted by Gasteiger charge is 2.29. The molecule has 3 rings (SSSR count). The summed E-state index contributed by atoms with van der Waals surface area (Å²) in [5, 5.41) is 2.73. The van der Waals surface area contributed by atoms with Gasteiger partial charge in [0.1, 0.15) is 12.4 Å². The van der Waals surface area contributed by atoms with E-state index in [1.807, 2.05) is 38.1 Å². The van der Waals surface area contributed by atoms with Gasteiger partial charge in [0, 0.05) is 24.8 Å². The second kappa shape index (κ2) is 14.9. The van der Waals surface area contributed by atoms with Crippen LogP contribution >= 0.6 is 27.0 Å². The van der Waals surface area contributed by atoms with Gasteiger partial charge in [-0.2, -0.15) is 27.0 Å². The van der Waals surface area contributed by atoms with Gasteiger partial charge in [-0.1, -0.05) is 62.4 Å². The first-order valence-corrected chi connectivity index (χ1v) is 11.9. The minimum absolute atomic E-state index is 0. The Morgan fingerprint density at radius 1 is 0.972 bits per heavy atom. The number of benzene rings is 2. The first-order valence-electron chi connectivity index (χ1n) is 11.9. The number of carbonyl (C=O) groups is 3. The molecule has 9 heteroatoms. The summed E-state index contributed by atoms with van der Waals surface area (Å²) in [4.78, 5) is 36.2. The number of carbonyl (C=O) groups excluding carboxylic acids is 3. The van der Waals surface area contributed by atoms with Crippen molar-refractivity contribution in [1.82, 2.24) is 5.32 Å². The van der Waals surface area contributed by atoms with Crippen LogP contribution in [0.4, 0.5) is 4.79 Å². The van der Waals surface area contributed by atoms with Crippen molar-refractivity contribution in [2.45, 2.75) is 51.5 Å². The summed E-state index contributed by atoms with van der Waals surface area (Å²) >= 11 is 0. The van der Waals surface area contributed by atoms with Crippen molar-refractivity contribution in [2.75, 3.05) is 13.2 Å². The Morgan fingerprint density at radius 2 is 1.53 bits per heavy atom. The van der Waals surface area contributed by atoms with E-state index in [1.165, 1.54) is 11.1 Å². The lowest BCUT2D eigenvalue weighted by Gasteiger charge is -2.17. The van der Waals surface area contributed by atoms with Crippen molar-refractivity contribution < 1.29 is 19.1 Å². The molecule has 0 bridgehead atoms. The SMILES string of the molecule is CC(C)C[C@H](CC(=O)[C@@H](N)CCCNC(=O)OCC1c2ccccc2-c2ccccc21)C(N)=O.S.S. The molecule has 2 atom stereocenters. The number of ether oxygens (including phenoxy) is 1. The Bertz CT molecular complexity index is 986. The Hall–Kier alpha value is -2.49. The third-order valence-electron chi connectivity index (χ3n) is 6.32. The van der Waals surface area contributed by atoms with E-state index in [1.54, 1.807) is 0 Å². The summed E-state index contributed by atoms with van der Waals surface area (Å²) < 4.78 is 5.51. The van der Waals surface area contributed by atoms with Gasteiger partial charge in [-0.25, -0.2) is 4.79 Å². The molecule has 0 unspecified atom stereocenters. The van der Waals surface area contributed by atoms with E-state index in [2.05, 4.69) is 29.6 Å². The average Bonchev–Trinajstić information content (AvgIpc) is 3.13. The maximum atomic E-state index is 12.4. The fourth-order valence-electron chi connectivity index (χ4n) is 4.59. The Kier molecular flexibility index (Phi) is 13.1.